The number of primary amides is 2. The molecular formula is C20H22N4O2. The van der Waals surface area contributed by atoms with Crippen LogP contribution in [-0.2, 0) is 9.59 Å². The Morgan fingerprint density at radius 1 is 0.923 bits per heavy atom. The molecule has 0 aromatic heterocycles. The molecule has 0 saturated carbocycles. The summed E-state index contributed by atoms with van der Waals surface area (Å²) in [6.07, 6.45) is 5.88. The van der Waals surface area contributed by atoms with Crippen molar-refractivity contribution in [3.63, 3.8) is 0 Å². The lowest BCUT2D eigenvalue weighted by atomic mass is 10.1. The van der Waals surface area contributed by atoms with Gasteiger partial charge in [0.1, 0.15) is 0 Å². The van der Waals surface area contributed by atoms with Gasteiger partial charge in [0, 0.05) is 36.3 Å². The fraction of sp³-hybridized carbons (Fsp3) is 0.100. The van der Waals surface area contributed by atoms with Crippen molar-refractivity contribution in [1.29, 1.82) is 0 Å². The van der Waals surface area contributed by atoms with Crippen molar-refractivity contribution in [3.8, 4) is 0 Å². The van der Waals surface area contributed by atoms with E-state index in [2.05, 4.69) is 5.32 Å². The number of nitrogens with one attached hydrogen (secondary N) is 1. The molecule has 0 spiro atoms. The van der Waals surface area contributed by atoms with E-state index in [1.807, 2.05) is 65.6 Å². The SMILES string of the molecule is NC(=O)C=CC(CNc1ccccc1)N(C=CC(N)=O)c1ccccc1. The van der Waals surface area contributed by atoms with E-state index in [9.17, 15) is 9.59 Å². The Hall–Kier alpha value is -3.54. The van der Waals surface area contributed by atoms with Crippen LogP contribution in [0.3, 0.4) is 0 Å². The molecule has 2 aromatic carbocycles. The number of carbonyl (C=O) groups is 2. The van der Waals surface area contributed by atoms with Crippen LogP contribution in [0.25, 0.3) is 0 Å². The van der Waals surface area contributed by atoms with Crippen LogP contribution in [0.2, 0.25) is 0 Å². The van der Waals surface area contributed by atoms with Crippen LogP contribution < -0.4 is 21.7 Å². The largest absolute Gasteiger partial charge is 0.383 e. The first-order valence-corrected chi connectivity index (χ1v) is 8.14. The molecule has 2 amide bonds. The summed E-state index contributed by atoms with van der Waals surface area (Å²) < 4.78 is 0. The van der Waals surface area contributed by atoms with Crippen molar-refractivity contribution >= 4 is 23.2 Å². The van der Waals surface area contributed by atoms with Crippen molar-refractivity contribution in [1.82, 2.24) is 0 Å². The number of benzene rings is 2. The summed E-state index contributed by atoms with van der Waals surface area (Å²) in [5.41, 5.74) is 12.3. The molecule has 5 N–H and O–H groups in total. The fourth-order valence-electron chi connectivity index (χ4n) is 2.39. The Morgan fingerprint density at radius 3 is 2.08 bits per heavy atom. The average molecular weight is 350 g/mol. The normalized spacial score (nSPS) is 12.2. The molecular weight excluding hydrogens is 328 g/mol. The Bertz CT molecular complexity index is 773. The summed E-state index contributed by atoms with van der Waals surface area (Å²) in [6.45, 7) is 0.478. The van der Waals surface area contributed by atoms with Gasteiger partial charge in [0.25, 0.3) is 0 Å². The van der Waals surface area contributed by atoms with Gasteiger partial charge in [-0.1, -0.05) is 42.5 Å². The van der Waals surface area contributed by atoms with E-state index < -0.39 is 11.8 Å². The Morgan fingerprint density at radius 2 is 1.50 bits per heavy atom. The lowest BCUT2D eigenvalue weighted by Gasteiger charge is -2.29. The maximum Gasteiger partial charge on any atom is 0.242 e. The van der Waals surface area contributed by atoms with Crippen LogP contribution in [0, 0.1) is 0 Å². The van der Waals surface area contributed by atoms with Crippen LogP contribution in [0.5, 0.6) is 0 Å². The van der Waals surface area contributed by atoms with Crippen molar-refractivity contribution in [2.24, 2.45) is 11.5 Å². The third-order valence-corrected chi connectivity index (χ3v) is 3.58. The monoisotopic (exact) mass is 350 g/mol. The minimum absolute atomic E-state index is 0.277. The summed E-state index contributed by atoms with van der Waals surface area (Å²) >= 11 is 0. The number of hydrogen-bond acceptors (Lipinski definition) is 4. The lowest BCUT2D eigenvalue weighted by Crippen LogP contribution is -2.36. The van der Waals surface area contributed by atoms with Gasteiger partial charge in [0.2, 0.25) is 11.8 Å². The van der Waals surface area contributed by atoms with Crippen molar-refractivity contribution < 1.29 is 9.59 Å². The fourth-order valence-corrected chi connectivity index (χ4v) is 2.39. The standard InChI is InChI=1S/C20H22N4O2/c21-19(25)12-11-18(15-23-16-7-3-1-4-8-16)24(14-13-20(22)26)17-9-5-2-6-10-17/h1-14,18,23H,15H2,(H2,21,25)(H2,22,26). The maximum atomic E-state index is 11.2. The zero-order valence-corrected chi connectivity index (χ0v) is 14.3. The van der Waals surface area contributed by atoms with Gasteiger partial charge in [0.05, 0.1) is 6.04 Å². The summed E-state index contributed by atoms with van der Waals surface area (Å²) in [4.78, 5) is 24.3. The summed E-state index contributed by atoms with van der Waals surface area (Å²) in [7, 11) is 0. The number of para-hydroxylation sites is 2. The van der Waals surface area contributed by atoms with Gasteiger partial charge in [-0.15, -0.1) is 0 Å². The molecule has 0 aliphatic heterocycles. The molecule has 26 heavy (non-hydrogen) atoms. The van der Waals surface area contributed by atoms with Crippen molar-refractivity contribution in [2.45, 2.75) is 6.04 Å². The average Bonchev–Trinajstić information content (AvgIpc) is 2.64. The number of anilines is 2. The maximum absolute atomic E-state index is 11.2. The quantitative estimate of drug-likeness (QED) is 0.602. The Balaban J connectivity index is 2.30. The first kappa shape index (κ1) is 18.8. The second-order valence-corrected chi connectivity index (χ2v) is 5.54. The van der Waals surface area contributed by atoms with E-state index in [1.165, 1.54) is 12.2 Å². The molecule has 2 rings (SSSR count). The third kappa shape index (κ3) is 6.16. The van der Waals surface area contributed by atoms with E-state index in [0.717, 1.165) is 11.4 Å². The van der Waals surface area contributed by atoms with E-state index in [1.54, 1.807) is 12.3 Å². The second-order valence-electron chi connectivity index (χ2n) is 5.54. The molecule has 0 fully saturated rings. The summed E-state index contributed by atoms with van der Waals surface area (Å²) in [6, 6.07) is 18.9. The van der Waals surface area contributed by atoms with Gasteiger partial charge in [-0.2, -0.15) is 0 Å². The first-order valence-electron chi connectivity index (χ1n) is 8.14. The number of hydrogen-bond donors (Lipinski definition) is 3. The molecule has 0 aliphatic rings. The number of rotatable bonds is 9. The number of carbonyl (C=O) groups excluding carboxylic acids is 2. The van der Waals surface area contributed by atoms with Gasteiger partial charge < -0.3 is 21.7 Å². The summed E-state index contributed by atoms with van der Waals surface area (Å²) in [5.74, 6) is -1.10. The highest BCUT2D eigenvalue weighted by Crippen LogP contribution is 2.19. The van der Waals surface area contributed by atoms with Gasteiger partial charge in [-0.3, -0.25) is 9.59 Å². The molecule has 0 saturated heterocycles. The first-order chi connectivity index (χ1) is 12.6. The minimum atomic E-state index is -0.556. The van der Waals surface area contributed by atoms with E-state index in [4.69, 9.17) is 11.5 Å². The zero-order chi connectivity index (χ0) is 18.8. The number of nitrogens with two attached hydrogens (primary N) is 2. The van der Waals surface area contributed by atoms with Crippen LogP contribution in [0.4, 0.5) is 11.4 Å². The van der Waals surface area contributed by atoms with Gasteiger partial charge in [-0.05, 0) is 24.3 Å². The predicted molar refractivity (Wildman–Crippen MR) is 104 cm³/mol. The number of nitrogens with zero attached hydrogens (tertiary/aromatic N) is 1. The highest BCUT2D eigenvalue weighted by Gasteiger charge is 2.15. The van der Waals surface area contributed by atoms with Crippen LogP contribution >= 0.6 is 0 Å². The van der Waals surface area contributed by atoms with Gasteiger partial charge >= 0.3 is 0 Å². The second kappa shape index (κ2) is 9.68. The predicted octanol–water partition coefficient (Wildman–Crippen LogP) is 2.01. The molecule has 0 heterocycles. The molecule has 6 nitrogen and oxygen atoms in total. The van der Waals surface area contributed by atoms with Gasteiger partial charge in [0.15, 0.2) is 0 Å². The Kier molecular flexibility index (Phi) is 7.00. The molecule has 0 bridgehead atoms. The number of amides is 2. The van der Waals surface area contributed by atoms with E-state index in [-0.39, 0.29) is 6.04 Å². The molecule has 1 unspecified atom stereocenters. The molecule has 6 heteroatoms. The molecule has 2 aromatic rings. The van der Waals surface area contributed by atoms with Crippen molar-refractivity contribution in [3.05, 3.63) is 85.1 Å². The van der Waals surface area contributed by atoms with E-state index >= 15 is 0 Å². The van der Waals surface area contributed by atoms with E-state index in [0.29, 0.717) is 6.54 Å². The molecule has 1 atom stereocenters. The minimum Gasteiger partial charge on any atom is -0.383 e. The molecule has 0 radical (unpaired) electrons. The zero-order valence-electron chi connectivity index (χ0n) is 14.3. The van der Waals surface area contributed by atoms with Crippen LogP contribution in [-0.4, -0.2) is 24.4 Å². The van der Waals surface area contributed by atoms with Crippen LogP contribution in [0.15, 0.2) is 85.1 Å². The summed E-state index contributed by atoms with van der Waals surface area (Å²) in [5, 5.41) is 3.31. The highest BCUT2D eigenvalue weighted by atomic mass is 16.1. The Labute approximate surface area is 152 Å². The van der Waals surface area contributed by atoms with Crippen molar-refractivity contribution in [2.75, 3.05) is 16.8 Å². The molecule has 134 valence electrons. The van der Waals surface area contributed by atoms with Gasteiger partial charge in [-0.25, -0.2) is 0 Å². The topological polar surface area (TPSA) is 101 Å². The third-order valence-electron chi connectivity index (χ3n) is 3.58. The van der Waals surface area contributed by atoms with Crippen LogP contribution in [0.1, 0.15) is 0 Å². The highest BCUT2D eigenvalue weighted by molar-refractivity contribution is 5.87. The smallest absolute Gasteiger partial charge is 0.242 e. The molecule has 0 aliphatic carbocycles. The lowest BCUT2D eigenvalue weighted by molar-refractivity contribution is -0.114.